The highest BCUT2D eigenvalue weighted by molar-refractivity contribution is 6.02. The third-order valence-electron chi connectivity index (χ3n) is 8.02. The molecule has 0 unspecified atom stereocenters. The van der Waals surface area contributed by atoms with Crippen LogP contribution in [0.2, 0.25) is 0 Å². The fraction of sp³-hybridized carbons (Fsp3) is 0.371. The molecule has 45 heavy (non-hydrogen) atoms. The highest BCUT2D eigenvalue weighted by atomic mass is 16.6. The largest absolute Gasteiger partial charge is 0.443 e. The van der Waals surface area contributed by atoms with E-state index >= 15 is 0 Å². The number of nitrogens with zero attached hydrogens (tertiary/aromatic N) is 3. The molecule has 3 aromatic carbocycles. The zero-order chi connectivity index (χ0) is 32.3. The molecule has 2 N–H and O–H groups in total. The number of fused-ring (bicyclic) bond motifs is 1. The molecule has 5 rings (SSSR count). The number of anilines is 1. The van der Waals surface area contributed by atoms with Gasteiger partial charge in [-0.1, -0.05) is 78.9 Å². The van der Waals surface area contributed by atoms with E-state index in [2.05, 4.69) is 5.32 Å². The third kappa shape index (κ3) is 7.17. The van der Waals surface area contributed by atoms with E-state index in [4.69, 9.17) is 4.74 Å². The van der Waals surface area contributed by atoms with Crippen LogP contribution < -0.4 is 10.2 Å². The van der Waals surface area contributed by atoms with Crippen LogP contribution in [-0.2, 0) is 32.1 Å². The number of para-hydroxylation sites is 1. The van der Waals surface area contributed by atoms with Gasteiger partial charge in [-0.15, -0.1) is 0 Å². The van der Waals surface area contributed by atoms with E-state index in [1.165, 1.54) is 9.80 Å². The minimum atomic E-state index is -1.05. The lowest BCUT2D eigenvalue weighted by molar-refractivity contribution is -0.141. The summed E-state index contributed by atoms with van der Waals surface area (Å²) in [6.45, 7) is 5.52. The van der Waals surface area contributed by atoms with Gasteiger partial charge in [-0.3, -0.25) is 19.3 Å². The Bertz CT molecular complexity index is 1540. The Morgan fingerprint density at radius 3 is 2.22 bits per heavy atom. The Morgan fingerprint density at radius 1 is 0.933 bits per heavy atom. The summed E-state index contributed by atoms with van der Waals surface area (Å²) >= 11 is 0. The number of carbonyl (C=O) groups is 4. The molecule has 0 saturated carbocycles. The van der Waals surface area contributed by atoms with Gasteiger partial charge in [0, 0.05) is 33.0 Å². The van der Waals surface area contributed by atoms with Crippen molar-refractivity contribution in [2.45, 2.75) is 70.0 Å². The Kier molecular flexibility index (Phi) is 9.24. The van der Waals surface area contributed by atoms with Crippen molar-refractivity contribution in [1.29, 1.82) is 0 Å². The highest BCUT2D eigenvalue weighted by Crippen LogP contribution is 2.35. The van der Waals surface area contributed by atoms with Crippen LogP contribution in [0.25, 0.3) is 0 Å². The highest BCUT2D eigenvalue weighted by Gasteiger charge is 2.47. The van der Waals surface area contributed by atoms with Gasteiger partial charge in [-0.25, -0.2) is 4.79 Å². The van der Waals surface area contributed by atoms with Gasteiger partial charge in [-0.2, -0.15) is 0 Å². The summed E-state index contributed by atoms with van der Waals surface area (Å²) in [5.74, 6) is -1.36. The van der Waals surface area contributed by atoms with E-state index in [0.717, 1.165) is 11.1 Å². The lowest BCUT2D eigenvalue weighted by Gasteiger charge is -2.33. The van der Waals surface area contributed by atoms with Gasteiger partial charge >= 0.3 is 6.09 Å². The van der Waals surface area contributed by atoms with Crippen molar-refractivity contribution < 1.29 is 29.0 Å². The number of nitrogens with one attached hydrogen (secondary N) is 1. The lowest BCUT2D eigenvalue weighted by atomic mass is 10.0. The number of amides is 4. The second-order valence-electron chi connectivity index (χ2n) is 12.6. The number of likely N-dealkylation sites (N-methyl/N-ethyl adjacent to an activating group) is 1. The molecule has 0 aliphatic carbocycles. The number of β-amino-alcohol motifs (C(OH)–C–C–N with tert-alkyl or cyclic N) is 1. The molecule has 10 heteroatoms. The summed E-state index contributed by atoms with van der Waals surface area (Å²) < 4.78 is 5.66. The number of rotatable bonds is 7. The number of aliphatic hydroxyl groups excluding tert-OH is 1. The van der Waals surface area contributed by atoms with Gasteiger partial charge in [0.25, 0.3) is 0 Å². The first-order chi connectivity index (χ1) is 21.4. The predicted octanol–water partition coefficient (Wildman–Crippen LogP) is 3.83. The topological polar surface area (TPSA) is 119 Å². The average Bonchev–Trinajstić information content (AvgIpc) is 3.60. The van der Waals surface area contributed by atoms with Gasteiger partial charge in [-0.05, 0) is 43.5 Å². The van der Waals surface area contributed by atoms with Crippen LogP contribution in [0.15, 0.2) is 84.9 Å². The number of ether oxygens (including phenoxy) is 1. The quantitative estimate of drug-likeness (QED) is 0.419. The van der Waals surface area contributed by atoms with Crippen molar-refractivity contribution >= 4 is 29.5 Å². The Labute approximate surface area is 263 Å². The zero-order valence-corrected chi connectivity index (χ0v) is 26.1. The van der Waals surface area contributed by atoms with Crippen LogP contribution in [0, 0.1) is 0 Å². The standard InChI is InChI=1S/C35H40N4O6/c1-35(2,3)45-34(44)39-27-18-12-11-17-25(27)19-29(39)32(42)38-22-26(40)20-28(38)31(41)36-30(24-15-9-6-10-16-24)33(43)37(4)21-23-13-7-5-8-14-23/h5-18,26,28-30,40H,19-22H2,1-4H3,(H,36,41)/t26-,28+,29+,30+/m1/s1. The van der Waals surface area contributed by atoms with Crippen molar-refractivity contribution in [3.63, 3.8) is 0 Å². The molecule has 0 radical (unpaired) electrons. The summed E-state index contributed by atoms with van der Waals surface area (Å²) in [7, 11) is 1.68. The maximum atomic E-state index is 14.2. The first kappa shape index (κ1) is 31.7. The smallest absolute Gasteiger partial charge is 0.415 e. The summed E-state index contributed by atoms with van der Waals surface area (Å²) in [6.07, 6.45) is -1.37. The van der Waals surface area contributed by atoms with Crippen LogP contribution in [0.3, 0.4) is 0 Å². The van der Waals surface area contributed by atoms with Crippen molar-refractivity contribution in [3.8, 4) is 0 Å². The molecule has 236 valence electrons. The third-order valence-corrected chi connectivity index (χ3v) is 8.02. The molecular weight excluding hydrogens is 572 g/mol. The van der Waals surface area contributed by atoms with Crippen LogP contribution in [0.4, 0.5) is 10.5 Å². The lowest BCUT2D eigenvalue weighted by Crippen LogP contribution is -2.55. The van der Waals surface area contributed by atoms with Crippen molar-refractivity contribution in [2.75, 3.05) is 18.5 Å². The molecule has 2 aliphatic heterocycles. The summed E-state index contributed by atoms with van der Waals surface area (Å²) in [6, 6.07) is 22.7. The van der Waals surface area contributed by atoms with Gasteiger partial charge in [0.05, 0.1) is 11.8 Å². The molecule has 2 heterocycles. The predicted molar refractivity (Wildman–Crippen MR) is 169 cm³/mol. The molecular formula is C35H40N4O6. The molecule has 4 amide bonds. The Balaban J connectivity index is 1.38. The van der Waals surface area contributed by atoms with Gasteiger partial charge in [0.15, 0.2) is 0 Å². The maximum Gasteiger partial charge on any atom is 0.415 e. The number of benzene rings is 3. The molecule has 0 spiro atoms. The molecule has 4 atom stereocenters. The summed E-state index contributed by atoms with van der Waals surface area (Å²) in [5, 5.41) is 13.5. The van der Waals surface area contributed by atoms with Crippen molar-refractivity contribution in [3.05, 3.63) is 102 Å². The normalized spacial score (nSPS) is 19.9. The molecule has 1 fully saturated rings. The Hall–Kier alpha value is -4.70. The van der Waals surface area contributed by atoms with E-state index in [0.29, 0.717) is 17.8 Å². The minimum Gasteiger partial charge on any atom is -0.443 e. The molecule has 3 aromatic rings. The van der Waals surface area contributed by atoms with E-state index in [1.807, 2.05) is 48.5 Å². The first-order valence-electron chi connectivity index (χ1n) is 15.2. The van der Waals surface area contributed by atoms with E-state index in [-0.39, 0.29) is 25.3 Å². The second-order valence-corrected chi connectivity index (χ2v) is 12.6. The van der Waals surface area contributed by atoms with Gasteiger partial charge in [0.1, 0.15) is 23.7 Å². The van der Waals surface area contributed by atoms with Gasteiger partial charge < -0.3 is 25.0 Å². The SMILES string of the molecule is CN(Cc1ccccc1)C(=O)[C@@H](NC(=O)[C@@H]1C[C@@H](O)CN1C(=O)[C@@H]1Cc2ccccc2N1C(=O)OC(C)(C)C)c1ccccc1. The van der Waals surface area contributed by atoms with Gasteiger partial charge in [0.2, 0.25) is 17.7 Å². The summed E-state index contributed by atoms with van der Waals surface area (Å²) in [5.41, 5.74) is 2.12. The van der Waals surface area contributed by atoms with E-state index < -0.39 is 47.7 Å². The first-order valence-corrected chi connectivity index (χ1v) is 15.2. The van der Waals surface area contributed by atoms with Crippen LogP contribution in [0.5, 0.6) is 0 Å². The monoisotopic (exact) mass is 612 g/mol. The van der Waals surface area contributed by atoms with Crippen LogP contribution >= 0.6 is 0 Å². The number of aliphatic hydroxyl groups is 1. The number of hydrogen-bond acceptors (Lipinski definition) is 6. The number of hydrogen-bond donors (Lipinski definition) is 2. The molecule has 0 bridgehead atoms. The maximum absolute atomic E-state index is 14.2. The number of likely N-dealkylation sites (tertiary alicyclic amines) is 1. The second kappa shape index (κ2) is 13.1. The van der Waals surface area contributed by atoms with Crippen molar-refractivity contribution in [2.24, 2.45) is 0 Å². The van der Waals surface area contributed by atoms with Crippen molar-refractivity contribution in [1.82, 2.24) is 15.1 Å². The molecule has 1 saturated heterocycles. The van der Waals surface area contributed by atoms with Crippen LogP contribution in [-0.4, -0.2) is 76.1 Å². The fourth-order valence-electron chi connectivity index (χ4n) is 5.94. The molecule has 2 aliphatic rings. The van der Waals surface area contributed by atoms with E-state index in [1.54, 1.807) is 69.1 Å². The average molecular weight is 613 g/mol. The van der Waals surface area contributed by atoms with Crippen LogP contribution in [0.1, 0.15) is 49.9 Å². The minimum absolute atomic E-state index is 0.000760. The zero-order valence-electron chi connectivity index (χ0n) is 26.1. The number of carbonyl (C=O) groups excluding carboxylic acids is 4. The fourth-order valence-corrected chi connectivity index (χ4v) is 5.94. The summed E-state index contributed by atoms with van der Waals surface area (Å²) in [4.78, 5) is 59.4. The van der Waals surface area contributed by atoms with E-state index in [9.17, 15) is 24.3 Å². The Morgan fingerprint density at radius 2 is 1.56 bits per heavy atom. The molecule has 10 nitrogen and oxygen atoms in total. The molecule has 0 aromatic heterocycles.